The van der Waals surface area contributed by atoms with Gasteiger partial charge in [0.15, 0.2) is 0 Å². The maximum Gasteiger partial charge on any atom is 0.263 e. The van der Waals surface area contributed by atoms with Crippen molar-refractivity contribution < 1.29 is 9.90 Å². The first-order chi connectivity index (χ1) is 9.34. The molecule has 1 aromatic heterocycles. The lowest BCUT2D eigenvalue weighted by atomic mass is 10.0. The third-order valence-electron chi connectivity index (χ3n) is 3.09. The van der Waals surface area contributed by atoms with E-state index in [1.165, 1.54) is 11.3 Å². The van der Waals surface area contributed by atoms with Gasteiger partial charge in [0.2, 0.25) is 0 Å². The Hall–Kier alpha value is -1.30. The molecule has 20 heavy (non-hydrogen) atoms. The number of amides is 1. The van der Waals surface area contributed by atoms with Gasteiger partial charge in [-0.3, -0.25) is 4.79 Å². The van der Waals surface area contributed by atoms with E-state index in [1.54, 1.807) is 12.1 Å². The van der Waals surface area contributed by atoms with E-state index in [4.69, 9.17) is 22.4 Å². The molecule has 1 aromatic carbocycles. The first-order valence-corrected chi connectivity index (χ1v) is 7.44. The summed E-state index contributed by atoms with van der Waals surface area (Å²) in [4.78, 5) is 12.8. The van der Waals surface area contributed by atoms with Crippen molar-refractivity contribution in [2.24, 2.45) is 0 Å². The first kappa shape index (κ1) is 15.1. The number of thiophene rings is 1. The van der Waals surface area contributed by atoms with Gasteiger partial charge >= 0.3 is 0 Å². The minimum absolute atomic E-state index is 0.0186. The van der Waals surface area contributed by atoms with E-state index in [-0.39, 0.29) is 12.5 Å². The van der Waals surface area contributed by atoms with Gasteiger partial charge in [0.05, 0.1) is 5.69 Å². The summed E-state index contributed by atoms with van der Waals surface area (Å²) in [6.07, 6.45) is 0.482. The van der Waals surface area contributed by atoms with Gasteiger partial charge in [-0.2, -0.15) is 0 Å². The molecule has 0 radical (unpaired) electrons. The Kier molecular flexibility index (Phi) is 4.22. The number of anilines is 1. The van der Waals surface area contributed by atoms with Gasteiger partial charge in [-0.25, -0.2) is 0 Å². The van der Waals surface area contributed by atoms with Gasteiger partial charge < -0.3 is 16.2 Å². The second kappa shape index (κ2) is 5.60. The zero-order valence-corrected chi connectivity index (χ0v) is 12.9. The van der Waals surface area contributed by atoms with Crippen LogP contribution in [0.3, 0.4) is 0 Å². The van der Waals surface area contributed by atoms with E-state index >= 15 is 0 Å². The maximum atomic E-state index is 12.3. The van der Waals surface area contributed by atoms with E-state index in [0.717, 1.165) is 10.1 Å². The molecule has 1 amide bonds. The van der Waals surface area contributed by atoms with Crippen molar-refractivity contribution in [2.75, 3.05) is 12.3 Å². The van der Waals surface area contributed by atoms with Crippen LogP contribution < -0.4 is 11.1 Å². The Bertz CT molecular complexity index is 652. The molecule has 108 valence electrons. The monoisotopic (exact) mass is 312 g/mol. The van der Waals surface area contributed by atoms with E-state index in [0.29, 0.717) is 22.0 Å². The number of rotatable bonds is 4. The molecule has 0 unspecified atom stereocenters. The molecule has 0 fully saturated rings. The van der Waals surface area contributed by atoms with Crippen molar-refractivity contribution in [1.29, 1.82) is 0 Å². The molecule has 2 aromatic rings. The molecule has 0 aliphatic rings. The highest BCUT2D eigenvalue weighted by atomic mass is 35.5. The third-order valence-corrected chi connectivity index (χ3v) is 4.49. The highest BCUT2D eigenvalue weighted by Gasteiger charge is 2.23. The summed E-state index contributed by atoms with van der Waals surface area (Å²) < 4.78 is 0.889. The summed E-state index contributed by atoms with van der Waals surface area (Å²) in [5.41, 5.74) is 6.03. The fraction of sp³-hybridized carbons (Fsp3) is 0.357. The van der Waals surface area contributed by atoms with Crippen LogP contribution in [0.2, 0.25) is 5.02 Å². The van der Waals surface area contributed by atoms with Crippen molar-refractivity contribution in [3.8, 4) is 0 Å². The molecule has 1 heterocycles. The fourth-order valence-electron chi connectivity index (χ4n) is 1.97. The molecule has 0 saturated carbocycles. The van der Waals surface area contributed by atoms with Gasteiger partial charge in [-0.1, -0.05) is 11.6 Å². The first-order valence-electron chi connectivity index (χ1n) is 6.25. The number of hydrogen-bond acceptors (Lipinski definition) is 4. The van der Waals surface area contributed by atoms with Crippen LogP contribution in [-0.4, -0.2) is 23.2 Å². The fourth-order valence-corrected chi connectivity index (χ4v) is 3.26. The average molecular weight is 313 g/mol. The molecular weight excluding hydrogens is 296 g/mol. The van der Waals surface area contributed by atoms with Gasteiger partial charge in [-0.15, -0.1) is 11.3 Å². The number of carbonyl (C=O) groups is 1. The third kappa shape index (κ3) is 3.06. The Morgan fingerprint density at radius 2 is 2.20 bits per heavy atom. The summed E-state index contributed by atoms with van der Waals surface area (Å²) >= 11 is 7.27. The summed E-state index contributed by atoms with van der Waals surface area (Å²) in [6.45, 7) is 3.74. The van der Waals surface area contributed by atoms with Crippen LogP contribution in [0.15, 0.2) is 18.2 Å². The molecule has 0 aliphatic heterocycles. The molecule has 0 saturated heterocycles. The summed E-state index contributed by atoms with van der Waals surface area (Å²) in [7, 11) is 0. The number of carbonyl (C=O) groups excluding carboxylic acids is 1. The minimum Gasteiger partial charge on any atom is -0.397 e. The van der Waals surface area contributed by atoms with Gasteiger partial charge in [-0.05, 0) is 38.5 Å². The van der Waals surface area contributed by atoms with E-state index in [2.05, 4.69) is 5.32 Å². The lowest BCUT2D eigenvalue weighted by Gasteiger charge is -2.25. The number of aliphatic hydroxyl groups excluding tert-OH is 1. The lowest BCUT2D eigenvalue weighted by Crippen LogP contribution is -2.43. The average Bonchev–Trinajstić information content (AvgIpc) is 2.65. The lowest BCUT2D eigenvalue weighted by molar-refractivity contribution is 0.0904. The van der Waals surface area contributed by atoms with E-state index < -0.39 is 5.54 Å². The van der Waals surface area contributed by atoms with E-state index in [9.17, 15) is 4.79 Å². The van der Waals surface area contributed by atoms with E-state index in [1.807, 2.05) is 19.9 Å². The smallest absolute Gasteiger partial charge is 0.263 e. The molecule has 0 bridgehead atoms. The highest BCUT2D eigenvalue weighted by Crippen LogP contribution is 2.35. The molecule has 6 heteroatoms. The second-order valence-electron chi connectivity index (χ2n) is 5.30. The zero-order chi connectivity index (χ0) is 14.9. The van der Waals surface area contributed by atoms with Crippen LogP contribution in [0.1, 0.15) is 29.9 Å². The number of benzene rings is 1. The Balaban J connectivity index is 2.33. The van der Waals surface area contributed by atoms with Crippen LogP contribution >= 0.6 is 22.9 Å². The number of nitrogen functional groups attached to an aromatic ring is 1. The van der Waals surface area contributed by atoms with Crippen molar-refractivity contribution in [2.45, 2.75) is 25.8 Å². The topological polar surface area (TPSA) is 75.3 Å². The SMILES string of the molecule is CC(C)(CCO)NC(=O)c1sc2cc(Cl)ccc2c1N. The minimum atomic E-state index is -0.480. The molecule has 4 nitrogen and oxygen atoms in total. The summed E-state index contributed by atoms with van der Waals surface area (Å²) in [6, 6.07) is 5.37. The van der Waals surface area contributed by atoms with Crippen LogP contribution in [0.5, 0.6) is 0 Å². The predicted molar refractivity (Wildman–Crippen MR) is 84.5 cm³/mol. The van der Waals surface area contributed by atoms with Crippen molar-refractivity contribution in [1.82, 2.24) is 5.32 Å². The summed E-state index contributed by atoms with van der Waals surface area (Å²) in [5.74, 6) is -0.224. The molecule has 2 rings (SSSR count). The molecule has 0 atom stereocenters. The molecule has 4 N–H and O–H groups in total. The molecule has 0 aliphatic carbocycles. The molecule has 0 spiro atoms. The van der Waals surface area contributed by atoms with Crippen molar-refractivity contribution in [3.63, 3.8) is 0 Å². The van der Waals surface area contributed by atoms with Crippen LogP contribution in [-0.2, 0) is 0 Å². The largest absolute Gasteiger partial charge is 0.397 e. The Labute approximate surface area is 126 Å². The standard InChI is InChI=1S/C14H17ClN2O2S/c1-14(2,5-6-18)17-13(19)12-11(16)9-4-3-8(15)7-10(9)20-12/h3-4,7,18H,5-6,16H2,1-2H3,(H,17,19). The van der Waals surface area contributed by atoms with Crippen LogP contribution in [0.25, 0.3) is 10.1 Å². The Morgan fingerprint density at radius 3 is 2.85 bits per heavy atom. The molecular formula is C14H17ClN2O2S. The second-order valence-corrected chi connectivity index (χ2v) is 6.79. The van der Waals surface area contributed by atoms with Crippen molar-refractivity contribution in [3.05, 3.63) is 28.1 Å². The van der Waals surface area contributed by atoms with Crippen molar-refractivity contribution >= 4 is 44.6 Å². The van der Waals surface area contributed by atoms with Crippen LogP contribution in [0, 0.1) is 0 Å². The number of aliphatic hydroxyl groups is 1. The number of hydrogen-bond donors (Lipinski definition) is 3. The number of fused-ring (bicyclic) bond motifs is 1. The predicted octanol–water partition coefficient (Wildman–Crippen LogP) is 3.03. The number of nitrogens with one attached hydrogen (secondary N) is 1. The van der Waals surface area contributed by atoms with Gasteiger partial charge in [0, 0.05) is 27.3 Å². The zero-order valence-electron chi connectivity index (χ0n) is 11.4. The maximum absolute atomic E-state index is 12.3. The quantitative estimate of drug-likeness (QED) is 0.812. The highest BCUT2D eigenvalue weighted by molar-refractivity contribution is 7.21. The summed E-state index contributed by atoms with van der Waals surface area (Å²) in [5, 5.41) is 13.3. The van der Waals surface area contributed by atoms with Crippen LogP contribution in [0.4, 0.5) is 5.69 Å². The number of halogens is 1. The normalized spacial score (nSPS) is 11.8. The van der Waals surface area contributed by atoms with Gasteiger partial charge in [0.1, 0.15) is 4.88 Å². The van der Waals surface area contributed by atoms with Gasteiger partial charge in [0.25, 0.3) is 5.91 Å². The Morgan fingerprint density at radius 1 is 1.50 bits per heavy atom. The number of nitrogens with two attached hydrogens (primary N) is 1.